The van der Waals surface area contributed by atoms with Crippen molar-refractivity contribution in [1.29, 1.82) is 0 Å². The van der Waals surface area contributed by atoms with Crippen molar-refractivity contribution >= 4 is 27.7 Å². The third kappa shape index (κ3) is 2.91. The van der Waals surface area contributed by atoms with E-state index in [0.29, 0.717) is 12.5 Å². The van der Waals surface area contributed by atoms with E-state index in [4.69, 9.17) is 5.73 Å². The number of nitrogens with zero attached hydrogens (tertiary/aromatic N) is 2. The van der Waals surface area contributed by atoms with Crippen LogP contribution in [0.4, 0.5) is 11.8 Å². The van der Waals surface area contributed by atoms with Gasteiger partial charge in [0.25, 0.3) is 0 Å². The van der Waals surface area contributed by atoms with E-state index in [9.17, 15) is 0 Å². The topological polar surface area (TPSA) is 75.9 Å². The maximum atomic E-state index is 5.79. The Hall–Kier alpha value is -1.66. The minimum atomic E-state index is 0.336. The van der Waals surface area contributed by atoms with Gasteiger partial charge in [0.15, 0.2) is 0 Å². The molecule has 0 saturated heterocycles. The standard InChI is InChI=1S/C14H16BrN5/c15-10-3-1-2-9(6-10)7-18-13-11-8-17-5-4-12(11)19-14(16)20-13/h1-3,6,17H,4-5,7-8H2,(H3,16,18,19,20). The predicted octanol–water partition coefficient (Wildman–Crippen LogP) is 2.08. The van der Waals surface area contributed by atoms with Gasteiger partial charge in [-0.05, 0) is 17.7 Å². The largest absolute Gasteiger partial charge is 0.368 e. The van der Waals surface area contributed by atoms with Gasteiger partial charge in [-0.3, -0.25) is 0 Å². The highest BCUT2D eigenvalue weighted by atomic mass is 79.9. The van der Waals surface area contributed by atoms with Gasteiger partial charge in [0, 0.05) is 36.1 Å². The number of rotatable bonds is 3. The maximum Gasteiger partial charge on any atom is 0.222 e. The van der Waals surface area contributed by atoms with Crippen molar-refractivity contribution in [3.05, 3.63) is 45.6 Å². The molecule has 1 aromatic carbocycles. The molecule has 0 fully saturated rings. The monoisotopic (exact) mass is 333 g/mol. The molecular weight excluding hydrogens is 318 g/mol. The second kappa shape index (κ2) is 5.76. The summed E-state index contributed by atoms with van der Waals surface area (Å²) in [5.74, 6) is 1.17. The number of nitrogens with one attached hydrogen (secondary N) is 2. The molecule has 0 aliphatic carbocycles. The smallest absolute Gasteiger partial charge is 0.222 e. The van der Waals surface area contributed by atoms with Crippen molar-refractivity contribution in [2.45, 2.75) is 19.5 Å². The summed E-state index contributed by atoms with van der Waals surface area (Å²) >= 11 is 3.48. The first kappa shape index (κ1) is 13.3. The molecule has 2 heterocycles. The summed E-state index contributed by atoms with van der Waals surface area (Å²) in [5, 5.41) is 6.70. The van der Waals surface area contributed by atoms with E-state index >= 15 is 0 Å². The highest BCUT2D eigenvalue weighted by Gasteiger charge is 2.16. The van der Waals surface area contributed by atoms with Crippen LogP contribution in [0.1, 0.15) is 16.8 Å². The van der Waals surface area contributed by atoms with E-state index < -0.39 is 0 Å². The molecule has 20 heavy (non-hydrogen) atoms. The molecule has 0 atom stereocenters. The molecule has 0 unspecified atom stereocenters. The van der Waals surface area contributed by atoms with E-state index in [2.05, 4.69) is 48.7 Å². The fraction of sp³-hybridized carbons (Fsp3) is 0.286. The summed E-state index contributed by atoms with van der Waals surface area (Å²) in [5.41, 5.74) is 9.15. The number of nitrogens with two attached hydrogens (primary N) is 1. The van der Waals surface area contributed by atoms with E-state index in [0.717, 1.165) is 41.1 Å². The van der Waals surface area contributed by atoms with Gasteiger partial charge < -0.3 is 16.4 Å². The van der Waals surface area contributed by atoms with Gasteiger partial charge in [-0.2, -0.15) is 4.98 Å². The van der Waals surface area contributed by atoms with Gasteiger partial charge in [0.2, 0.25) is 5.95 Å². The minimum absolute atomic E-state index is 0.336. The Bertz CT molecular complexity index is 629. The van der Waals surface area contributed by atoms with Crippen molar-refractivity contribution in [2.24, 2.45) is 0 Å². The molecule has 0 spiro atoms. The third-order valence-corrected chi connectivity index (χ3v) is 3.79. The number of benzene rings is 1. The Morgan fingerprint density at radius 2 is 2.25 bits per heavy atom. The zero-order chi connectivity index (χ0) is 13.9. The van der Waals surface area contributed by atoms with Crippen molar-refractivity contribution in [3.63, 3.8) is 0 Å². The van der Waals surface area contributed by atoms with Crippen LogP contribution >= 0.6 is 15.9 Å². The quantitative estimate of drug-likeness (QED) is 0.801. The molecule has 1 aliphatic heterocycles. The van der Waals surface area contributed by atoms with Crippen LogP contribution in [0, 0.1) is 0 Å². The third-order valence-electron chi connectivity index (χ3n) is 3.30. The minimum Gasteiger partial charge on any atom is -0.368 e. The van der Waals surface area contributed by atoms with Crippen LogP contribution in [0.3, 0.4) is 0 Å². The summed E-state index contributed by atoms with van der Waals surface area (Å²) in [6, 6.07) is 8.19. The molecule has 0 radical (unpaired) electrons. The van der Waals surface area contributed by atoms with Crippen LogP contribution in [0.5, 0.6) is 0 Å². The lowest BCUT2D eigenvalue weighted by Crippen LogP contribution is -2.26. The number of anilines is 2. The van der Waals surface area contributed by atoms with Gasteiger partial charge in [-0.15, -0.1) is 0 Å². The molecule has 1 aromatic heterocycles. The molecular formula is C14H16BrN5. The van der Waals surface area contributed by atoms with Gasteiger partial charge >= 0.3 is 0 Å². The summed E-state index contributed by atoms with van der Waals surface area (Å²) < 4.78 is 1.07. The molecule has 4 N–H and O–H groups in total. The highest BCUT2D eigenvalue weighted by molar-refractivity contribution is 9.10. The predicted molar refractivity (Wildman–Crippen MR) is 83.3 cm³/mol. The average molecular weight is 334 g/mol. The van der Waals surface area contributed by atoms with Crippen LogP contribution in [-0.4, -0.2) is 16.5 Å². The molecule has 6 heteroatoms. The first-order chi connectivity index (χ1) is 9.72. The zero-order valence-electron chi connectivity index (χ0n) is 11.0. The van der Waals surface area contributed by atoms with Crippen LogP contribution < -0.4 is 16.4 Å². The molecule has 5 nitrogen and oxygen atoms in total. The average Bonchev–Trinajstić information content (AvgIpc) is 2.44. The van der Waals surface area contributed by atoms with Crippen LogP contribution in [0.25, 0.3) is 0 Å². The zero-order valence-corrected chi connectivity index (χ0v) is 12.6. The van der Waals surface area contributed by atoms with E-state index in [1.54, 1.807) is 0 Å². The van der Waals surface area contributed by atoms with E-state index in [1.165, 1.54) is 5.56 Å². The second-order valence-electron chi connectivity index (χ2n) is 4.77. The maximum absolute atomic E-state index is 5.79. The normalized spacial score (nSPS) is 13.8. The van der Waals surface area contributed by atoms with Gasteiger partial charge in [-0.25, -0.2) is 4.98 Å². The molecule has 0 saturated carbocycles. The Kier molecular flexibility index (Phi) is 3.84. The number of aromatic nitrogens is 2. The van der Waals surface area contributed by atoms with Crippen molar-refractivity contribution in [1.82, 2.24) is 15.3 Å². The van der Waals surface area contributed by atoms with Gasteiger partial charge in [-0.1, -0.05) is 28.1 Å². The summed E-state index contributed by atoms with van der Waals surface area (Å²) in [6.45, 7) is 2.44. The summed E-state index contributed by atoms with van der Waals surface area (Å²) in [6.07, 6.45) is 0.896. The van der Waals surface area contributed by atoms with Crippen molar-refractivity contribution in [3.8, 4) is 0 Å². The Morgan fingerprint density at radius 3 is 3.10 bits per heavy atom. The van der Waals surface area contributed by atoms with Crippen molar-refractivity contribution in [2.75, 3.05) is 17.6 Å². The highest BCUT2D eigenvalue weighted by Crippen LogP contribution is 2.21. The fourth-order valence-corrected chi connectivity index (χ4v) is 2.79. The molecule has 3 rings (SSSR count). The molecule has 104 valence electrons. The summed E-state index contributed by atoms with van der Waals surface area (Å²) in [4.78, 5) is 8.65. The molecule has 0 bridgehead atoms. The van der Waals surface area contributed by atoms with Gasteiger partial charge in [0.05, 0.1) is 5.69 Å². The lowest BCUT2D eigenvalue weighted by atomic mass is 10.1. The van der Waals surface area contributed by atoms with E-state index in [1.807, 2.05) is 12.1 Å². The lowest BCUT2D eigenvalue weighted by molar-refractivity contribution is 0.628. The lowest BCUT2D eigenvalue weighted by Gasteiger charge is -2.20. The Balaban J connectivity index is 1.82. The van der Waals surface area contributed by atoms with Crippen LogP contribution in [0.2, 0.25) is 0 Å². The number of nitrogen functional groups attached to an aromatic ring is 1. The summed E-state index contributed by atoms with van der Waals surface area (Å²) in [7, 11) is 0. The number of hydrogen-bond donors (Lipinski definition) is 3. The first-order valence-corrected chi connectivity index (χ1v) is 7.36. The Labute approximate surface area is 126 Å². The first-order valence-electron chi connectivity index (χ1n) is 6.56. The molecule has 2 aromatic rings. The van der Waals surface area contributed by atoms with Crippen LogP contribution in [0.15, 0.2) is 28.7 Å². The number of fused-ring (bicyclic) bond motifs is 1. The SMILES string of the molecule is Nc1nc2c(c(NCc3cccc(Br)c3)n1)CNCC2. The number of halogens is 1. The van der Waals surface area contributed by atoms with Crippen molar-refractivity contribution < 1.29 is 0 Å². The second-order valence-corrected chi connectivity index (χ2v) is 5.68. The van der Waals surface area contributed by atoms with Crippen LogP contribution in [-0.2, 0) is 19.5 Å². The van der Waals surface area contributed by atoms with E-state index in [-0.39, 0.29) is 0 Å². The number of hydrogen-bond acceptors (Lipinski definition) is 5. The molecule has 1 aliphatic rings. The van der Waals surface area contributed by atoms with Gasteiger partial charge in [0.1, 0.15) is 5.82 Å². The Morgan fingerprint density at radius 1 is 1.35 bits per heavy atom. The molecule has 0 amide bonds. The fourth-order valence-electron chi connectivity index (χ4n) is 2.34.